The van der Waals surface area contributed by atoms with Gasteiger partial charge in [0.1, 0.15) is 0 Å². The van der Waals surface area contributed by atoms with Crippen LogP contribution in [0.3, 0.4) is 0 Å². The zero-order valence-corrected chi connectivity index (χ0v) is 20.6. The highest BCUT2D eigenvalue weighted by molar-refractivity contribution is 7.98. The molecular formula is C25H34N6S. The summed E-state index contributed by atoms with van der Waals surface area (Å²) in [6.07, 6.45) is 1.08. The van der Waals surface area contributed by atoms with Gasteiger partial charge in [0.25, 0.3) is 0 Å². The first-order chi connectivity index (χ1) is 15.3. The zero-order valence-electron chi connectivity index (χ0n) is 19.7. The Morgan fingerprint density at radius 3 is 2.44 bits per heavy atom. The number of benzene rings is 2. The van der Waals surface area contributed by atoms with E-state index in [4.69, 9.17) is 0 Å². The highest BCUT2D eigenvalue weighted by Gasteiger charge is 2.14. The molecule has 1 aliphatic rings. The maximum absolute atomic E-state index is 4.57. The van der Waals surface area contributed by atoms with Gasteiger partial charge in [-0.15, -0.1) is 0 Å². The van der Waals surface area contributed by atoms with Crippen molar-refractivity contribution in [1.82, 2.24) is 5.32 Å². The number of nitrogens with one attached hydrogen (secondary N) is 3. The molecule has 32 heavy (non-hydrogen) atoms. The van der Waals surface area contributed by atoms with Crippen LogP contribution in [0.4, 0.5) is 11.4 Å². The predicted octanol–water partition coefficient (Wildman–Crippen LogP) is 5.53. The number of rotatable bonds is 6. The van der Waals surface area contributed by atoms with Gasteiger partial charge in [-0.25, -0.2) is 4.99 Å². The molecule has 2 aromatic carbocycles. The van der Waals surface area contributed by atoms with E-state index in [1.54, 1.807) is 0 Å². The molecule has 0 aliphatic carbocycles. The summed E-state index contributed by atoms with van der Waals surface area (Å²) < 4.78 is 4.57. The fourth-order valence-corrected chi connectivity index (χ4v) is 3.95. The third-order valence-corrected chi connectivity index (χ3v) is 5.93. The van der Waals surface area contributed by atoms with Crippen molar-refractivity contribution in [3.05, 3.63) is 58.7 Å². The van der Waals surface area contributed by atoms with E-state index in [0.717, 1.165) is 48.0 Å². The number of nitrogens with zero attached hydrogens (tertiary/aromatic N) is 3. The Balaban J connectivity index is 1.60. The van der Waals surface area contributed by atoms with E-state index >= 15 is 0 Å². The lowest BCUT2D eigenvalue weighted by Gasteiger charge is -2.19. The van der Waals surface area contributed by atoms with Crippen molar-refractivity contribution in [1.29, 1.82) is 0 Å². The van der Waals surface area contributed by atoms with Crippen LogP contribution in [0.25, 0.3) is 0 Å². The van der Waals surface area contributed by atoms with Gasteiger partial charge >= 0.3 is 0 Å². The van der Waals surface area contributed by atoms with E-state index in [9.17, 15) is 0 Å². The van der Waals surface area contributed by atoms with Crippen molar-refractivity contribution in [2.75, 3.05) is 29.6 Å². The summed E-state index contributed by atoms with van der Waals surface area (Å²) in [5.74, 6) is 2.13. The second-order valence-corrected chi connectivity index (χ2v) is 9.70. The molecule has 3 rings (SSSR count). The lowest BCUT2D eigenvalue weighted by Crippen LogP contribution is -2.35. The minimum atomic E-state index is 0.123. The van der Waals surface area contributed by atoms with Gasteiger partial charge in [0.15, 0.2) is 11.8 Å². The highest BCUT2D eigenvalue weighted by Crippen LogP contribution is 2.26. The molecule has 1 aliphatic heterocycles. The molecule has 0 spiro atoms. The quantitative estimate of drug-likeness (QED) is 0.178. The second kappa shape index (κ2) is 10.7. The van der Waals surface area contributed by atoms with Crippen LogP contribution in [-0.4, -0.2) is 37.5 Å². The summed E-state index contributed by atoms with van der Waals surface area (Å²) in [4.78, 5) is 8.61. The van der Waals surface area contributed by atoms with E-state index in [0.29, 0.717) is 11.7 Å². The van der Waals surface area contributed by atoms with Crippen molar-refractivity contribution >= 4 is 41.8 Å². The molecule has 1 heterocycles. The van der Waals surface area contributed by atoms with Gasteiger partial charge in [-0.2, -0.15) is 4.40 Å². The average molecular weight is 451 g/mol. The number of anilines is 2. The van der Waals surface area contributed by atoms with Crippen LogP contribution in [-0.2, 0) is 5.41 Å². The Morgan fingerprint density at radius 2 is 1.81 bits per heavy atom. The molecule has 0 aromatic heterocycles. The summed E-state index contributed by atoms with van der Waals surface area (Å²) in [6, 6.07) is 12.7. The summed E-state index contributed by atoms with van der Waals surface area (Å²) in [7, 11) is 0. The van der Waals surface area contributed by atoms with E-state index in [1.165, 1.54) is 23.1 Å². The SMILES string of the molecule is C=N/C(=N\SCNc1cc(C)c(NC2=NCCCN2)cc1C)c1ccc(C(C)(C)C)cc1. The number of aliphatic imine (C=N–C) groups is 2. The Morgan fingerprint density at radius 1 is 1.12 bits per heavy atom. The van der Waals surface area contributed by atoms with Crippen LogP contribution in [0.5, 0.6) is 0 Å². The fraction of sp³-hybridized carbons (Fsp3) is 0.400. The van der Waals surface area contributed by atoms with Crippen molar-refractivity contribution in [3.8, 4) is 0 Å². The van der Waals surface area contributed by atoms with Gasteiger partial charge in [0.2, 0.25) is 0 Å². The topological polar surface area (TPSA) is 73.2 Å². The smallest absolute Gasteiger partial charge is 0.195 e. The molecule has 7 heteroatoms. The highest BCUT2D eigenvalue weighted by atomic mass is 32.2. The summed E-state index contributed by atoms with van der Waals surface area (Å²) in [5, 5.41) is 10.2. The molecular weight excluding hydrogens is 416 g/mol. The van der Waals surface area contributed by atoms with Crippen molar-refractivity contribution < 1.29 is 0 Å². The zero-order chi connectivity index (χ0) is 23.1. The van der Waals surface area contributed by atoms with Crippen molar-refractivity contribution in [2.45, 2.75) is 46.5 Å². The lowest BCUT2D eigenvalue weighted by molar-refractivity contribution is 0.590. The van der Waals surface area contributed by atoms with Crippen LogP contribution in [0.2, 0.25) is 0 Å². The molecule has 3 N–H and O–H groups in total. The molecule has 2 aromatic rings. The minimum absolute atomic E-state index is 0.123. The van der Waals surface area contributed by atoms with Crippen LogP contribution in [0, 0.1) is 13.8 Å². The Bertz CT molecular complexity index is 1000. The Kier molecular flexibility index (Phi) is 7.96. The maximum atomic E-state index is 4.57. The van der Waals surface area contributed by atoms with E-state index in [-0.39, 0.29) is 5.41 Å². The minimum Gasteiger partial charge on any atom is -0.374 e. The van der Waals surface area contributed by atoms with E-state index < -0.39 is 0 Å². The predicted molar refractivity (Wildman–Crippen MR) is 142 cm³/mol. The monoisotopic (exact) mass is 450 g/mol. The summed E-state index contributed by atoms with van der Waals surface area (Å²) in [6.45, 7) is 16.3. The van der Waals surface area contributed by atoms with Gasteiger partial charge in [-0.3, -0.25) is 4.99 Å². The third kappa shape index (κ3) is 6.36. The second-order valence-electron chi connectivity index (χ2n) is 8.97. The van der Waals surface area contributed by atoms with Gasteiger partial charge in [0, 0.05) is 30.0 Å². The molecule has 0 saturated carbocycles. The number of guanidine groups is 1. The normalized spacial score (nSPS) is 14.4. The molecule has 0 fully saturated rings. The third-order valence-electron chi connectivity index (χ3n) is 5.36. The average Bonchev–Trinajstić information content (AvgIpc) is 2.77. The first-order valence-corrected chi connectivity index (χ1v) is 11.9. The maximum Gasteiger partial charge on any atom is 0.195 e. The number of amidine groups is 1. The van der Waals surface area contributed by atoms with E-state index in [2.05, 4.69) is 108 Å². The largest absolute Gasteiger partial charge is 0.374 e. The van der Waals surface area contributed by atoms with E-state index in [1.807, 2.05) is 0 Å². The van der Waals surface area contributed by atoms with Crippen LogP contribution in [0.1, 0.15) is 49.4 Å². The Labute approximate surface area is 196 Å². The molecule has 0 amide bonds. The van der Waals surface area contributed by atoms with Gasteiger partial charge < -0.3 is 16.0 Å². The molecule has 0 radical (unpaired) electrons. The van der Waals surface area contributed by atoms with Gasteiger partial charge in [-0.1, -0.05) is 45.0 Å². The molecule has 0 unspecified atom stereocenters. The van der Waals surface area contributed by atoms with Crippen LogP contribution in [0.15, 0.2) is 50.8 Å². The van der Waals surface area contributed by atoms with Crippen LogP contribution < -0.4 is 16.0 Å². The molecule has 0 saturated heterocycles. The van der Waals surface area contributed by atoms with Gasteiger partial charge in [-0.05, 0) is 73.2 Å². The summed E-state index contributed by atoms with van der Waals surface area (Å²) >= 11 is 1.43. The standard InChI is InChI=1S/C25H34N6S/c1-17-15-22(30-24-27-12-7-13-28-24)18(2)14-21(17)29-16-32-31-23(26-6)19-8-10-20(11-9-19)25(3,4)5/h8-11,14-15,29H,6-7,12-13,16H2,1-5H3,(H2,27,28,30)/b31-23-. The first-order valence-electron chi connectivity index (χ1n) is 11.0. The number of aryl methyl sites for hydroxylation is 2. The van der Waals surface area contributed by atoms with Crippen molar-refractivity contribution in [2.24, 2.45) is 14.4 Å². The fourth-order valence-electron chi connectivity index (χ4n) is 3.38. The Hall–Kier alpha value is -2.80. The van der Waals surface area contributed by atoms with Crippen molar-refractivity contribution in [3.63, 3.8) is 0 Å². The molecule has 170 valence electrons. The molecule has 6 nitrogen and oxygen atoms in total. The summed E-state index contributed by atoms with van der Waals surface area (Å²) in [5.41, 5.74) is 6.88. The molecule has 0 atom stereocenters. The first kappa shape index (κ1) is 23.9. The van der Waals surface area contributed by atoms with Gasteiger partial charge in [0.05, 0.1) is 5.88 Å². The number of hydrogen-bond donors (Lipinski definition) is 3. The lowest BCUT2D eigenvalue weighted by atomic mass is 9.87. The van der Waals surface area contributed by atoms with Crippen LogP contribution >= 0.6 is 11.9 Å². The molecule has 0 bridgehead atoms. The number of hydrogen-bond acceptors (Lipinski definition) is 6.